The third-order valence-corrected chi connectivity index (χ3v) is 5.75. The van der Waals surface area contributed by atoms with Crippen molar-refractivity contribution in [2.45, 2.75) is 33.1 Å². The normalized spacial score (nSPS) is 11.8. The van der Waals surface area contributed by atoms with Crippen molar-refractivity contribution >= 4 is 6.09 Å². The van der Waals surface area contributed by atoms with Crippen molar-refractivity contribution in [2.75, 3.05) is 13.2 Å². The van der Waals surface area contributed by atoms with Crippen LogP contribution in [0.5, 0.6) is 0 Å². The first kappa shape index (κ1) is 20.8. The maximum Gasteiger partial charge on any atom is 0.407 e. The number of hydrogen-bond acceptors (Lipinski definition) is 2. The molecule has 0 spiro atoms. The third kappa shape index (κ3) is 4.49. The standard InChI is InChI=1S/C28H27NO2/c1-19-16-20(2)22(21(3)17-19)10-8-9-15-29-28(30)31-18-27-25-13-6-4-11-23(25)24-12-5-7-14-26(24)27/h4-7,11-14,16-17,27H,9,15,18H2,1-3H3,(H,29,30). The highest BCUT2D eigenvalue weighted by Gasteiger charge is 2.28. The Labute approximate surface area is 184 Å². The number of aryl methyl sites for hydroxylation is 3. The summed E-state index contributed by atoms with van der Waals surface area (Å²) in [5.74, 6) is 6.47. The van der Waals surface area contributed by atoms with Crippen LogP contribution in [-0.4, -0.2) is 19.2 Å². The molecule has 0 saturated carbocycles. The molecular weight excluding hydrogens is 382 g/mol. The van der Waals surface area contributed by atoms with Gasteiger partial charge in [0.15, 0.2) is 0 Å². The predicted octanol–water partition coefficient (Wildman–Crippen LogP) is 5.89. The number of rotatable bonds is 4. The maximum atomic E-state index is 12.2. The molecule has 0 radical (unpaired) electrons. The van der Waals surface area contributed by atoms with Crippen LogP contribution in [0, 0.1) is 32.6 Å². The molecule has 4 rings (SSSR count). The van der Waals surface area contributed by atoms with Gasteiger partial charge in [-0.3, -0.25) is 0 Å². The summed E-state index contributed by atoms with van der Waals surface area (Å²) < 4.78 is 5.56. The fraction of sp³-hybridized carbons (Fsp3) is 0.250. The van der Waals surface area contributed by atoms with Gasteiger partial charge in [-0.05, 0) is 54.2 Å². The third-order valence-electron chi connectivity index (χ3n) is 5.75. The lowest BCUT2D eigenvalue weighted by molar-refractivity contribution is 0.143. The average molecular weight is 410 g/mol. The van der Waals surface area contributed by atoms with Gasteiger partial charge in [-0.25, -0.2) is 4.79 Å². The number of nitrogens with one attached hydrogen (secondary N) is 1. The van der Waals surface area contributed by atoms with Gasteiger partial charge in [0.1, 0.15) is 6.61 Å². The van der Waals surface area contributed by atoms with Crippen molar-refractivity contribution in [1.29, 1.82) is 0 Å². The molecule has 0 heterocycles. The first-order chi connectivity index (χ1) is 15.0. The van der Waals surface area contributed by atoms with Crippen molar-refractivity contribution in [3.8, 4) is 23.0 Å². The Morgan fingerprint density at radius 1 is 0.935 bits per heavy atom. The van der Waals surface area contributed by atoms with Gasteiger partial charge in [0.25, 0.3) is 0 Å². The van der Waals surface area contributed by atoms with Crippen molar-refractivity contribution in [2.24, 2.45) is 0 Å². The van der Waals surface area contributed by atoms with Crippen LogP contribution in [0.2, 0.25) is 0 Å². The summed E-state index contributed by atoms with van der Waals surface area (Å²) in [6.45, 7) is 7.05. The molecule has 0 fully saturated rings. The molecule has 3 heteroatoms. The SMILES string of the molecule is Cc1cc(C)c(C#CCCNC(=O)OCC2c3ccccc3-c3ccccc32)c(C)c1. The van der Waals surface area contributed by atoms with Crippen LogP contribution in [0.4, 0.5) is 4.79 Å². The van der Waals surface area contributed by atoms with Gasteiger partial charge < -0.3 is 10.1 Å². The van der Waals surface area contributed by atoms with E-state index in [1.54, 1.807) is 0 Å². The monoisotopic (exact) mass is 409 g/mol. The van der Waals surface area contributed by atoms with E-state index in [9.17, 15) is 4.79 Å². The second-order valence-electron chi connectivity index (χ2n) is 8.08. The summed E-state index contributed by atoms with van der Waals surface area (Å²) in [6, 6.07) is 20.9. The largest absolute Gasteiger partial charge is 0.449 e. The topological polar surface area (TPSA) is 38.3 Å². The first-order valence-corrected chi connectivity index (χ1v) is 10.7. The Bertz CT molecular complexity index is 1110. The highest BCUT2D eigenvalue weighted by Crippen LogP contribution is 2.44. The summed E-state index contributed by atoms with van der Waals surface area (Å²) in [4.78, 5) is 12.2. The molecule has 0 atom stereocenters. The molecule has 0 saturated heterocycles. The van der Waals surface area contributed by atoms with Gasteiger partial charge in [-0.1, -0.05) is 78.1 Å². The number of carbonyl (C=O) groups is 1. The van der Waals surface area contributed by atoms with Gasteiger partial charge in [0.05, 0.1) is 0 Å². The molecule has 1 amide bonds. The Kier molecular flexibility index (Phi) is 6.09. The minimum Gasteiger partial charge on any atom is -0.449 e. The van der Waals surface area contributed by atoms with Crippen LogP contribution in [0.15, 0.2) is 60.7 Å². The van der Waals surface area contributed by atoms with Crippen molar-refractivity contribution in [3.63, 3.8) is 0 Å². The maximum absolute atomic E-state index is 12.2. The molecule has 3 nitrogen and oxygen atoms in total. The van der Waals surface area contributed by atoms with E-state index in [0.29, 0.717) is 19.6 Å². The number of amides is 1. The van der Waals surface area contributed by atoms with E-state index in [1.165, 1.54) is 38.9 Å². The summed E-state index contributed by atoms with van der Waals surface area (Å²) >= 11 is 0. The number of ether oxygens (including phenoxy) is 1. The Balaban J connectivity index is 1.30. The molecule has 0 aromatic heterocycles. The van der Waals surface area contributed by atoms with E-state index in [1.807, 2.05) is 24.3 Å². The molecule has 31 heavy (non-hydrogen) atoms. The average Bonchev–Trinajstić information content (AvgIpc) is 3.07. The van der Waals surface area contributed by atoms with Crippen molar-refractivity contribution in [3.05, 3.63) is 94.0 Å². The van der Waals surface area contributed by atoms with Crippen LogP contribution < -0.4 is 5.32 Å². The number of carbonyl (C=O) groups excluding carboxylic acids is 1. The second kappa shape index (κ2) is 9.10. The number of alkyl carbamates (subject to hydrolysis) is 1. The van der Waals surface area contributed by atoms with Crippen LogP contribution in [-0.2, 0) is 4.74 Å². The molecule has 0 unspecified atom stereocenters. The molecule has 0 bridgehead atoms. The quantitative estimate of drug-likeness (QED) is 0.431. The van der Waals surface area contributed by atoms with Gasteiger partial charge in [0, 0.05) is 24.4 Å². The second-order valence-corrected chi connectivity index (χ2v) is 8.08. The molecule has 1 aliphatic carbocycles. The highest BCUT2D eigenvalue weighted by molar-refractivity contribution is 5.79. The molecule has 0 aliphatic heterocycles. The van der Waals surface area contributed by atoms with E-state index in [2.05, 4.69) is 74.3 Å². The van der Waals surface area contributed by atoms with Crippen LogP contribution >= 0.6 is 0 Å². The number of fused-ring (bicyclic) bond motifs is 3. The lowest BCUT2D eigenvalue weighted by atomic mass is 9.98. The highest BCUT2D eigenvalue weighted by atomic mass is 16.5. The Hall–Kier alpha value is -3.51. The molecule has 3 aromatic carbocycles. The van der Waals surface area contributed by atoms with Crippen LogP contribution in [0.1, 0.15) is 45.7 Å². The van der Waals surface area contributed by atoms with Crippen molar-refractivity contribution in [1.82, 2.24) is 5.32 Å². The zero-order valence-electron chi connectivity index (χ0n) is 18.3. The lowest BCUT2D eigenvalue weighted by Gasteiger charge is -2.14. The zero-order chi connectivity index (χ0) is 21.8. The van der Waals surface area contributed by atoms with Gasteiger partial charge >= 0.3 is 6.09 Å². The van der Waals surface area contributed by atoms with E-state index in [-0.39, 0.29) is 5.92 Å². The molecule has 156 valence electrons. The molecule has 3 aromatic rings. The summed E-state index contributed by atoms with van der Waals surface area (Å²) in [7, 11) is 0. The predicted molar refractivity (Wildman–Crippen MR) is 125 cm³/mol. The summed E-state index contributed by atoms with van der Waals surface area (Å²) in [5.41, 5.74) is 9.58. The minimum absolute atomic E-state index is 0.0745. The van der Waals surface area contributed by atoms with Gasteiger partial charge in [-0.2, -0.15) is 0 Å². The fourth-order valence-electron chi connectivity index (χ4n) is 4.40. The van der Waals surface area contributed by atoms with E-state index < -0.39 is 6.09 Å². The first-order valence-electron chi connectivity index (χ1n) is 10.7. The number of hydrogen-bond donors (Lipinski definition) is 1. The smallest absolute Gasteiger partial charge is 0.407 e. The molecule has 1 N–H and O–H groups in total. The Morgan fingerprint density at radius 2 is 1.52 bits per heavy atom. The molecular formula is C28H27NO2. The van der Waals surface area contributed by atoms with E-state index >= 15 is 0 Å². The van der Waals surface area contributed by atoms with Gasteiger partial charge in [-0.15, -0.1) is 0 Å². The van der Waals surface area contributed by atoms with E-state index in [4.69, 9.17) is 4.74 Å². The van der Waals surface area contributed by atoms with Gasteiger partial charge in [0.2, 0.25) is 0 Å². The summed E-state index contributed by atoms with van der Waals surface area (Å²) in [5, 5.41) is 2.82. The summed E-state index contributed by atoms with van der Waals surface area (Å²) in [6.07, 6.45) is 0.183. The van der Waals surface area contributed by atoms with Crippen LogP contribution in [0.3, 0.4) is 0 Å². The fourth-order valence-corrected chi connectivity index (χ4v) is 4.40. The minimum atomic E-state index is -0.397. The molecule has 1 aliphatic rings. The Morgan fingerprint density at radius 3 is 2.13 bits per heavy atom. The zero-order valence-corrected chi connectivity index (χ0v) is 18.3. The van der Waals surface area contributed by atoms with Crippen molar-refractivity contribution < 1.29 is 9.53 Å². The lowest BCUT2D eigenvalue weighted by Crippen LogP contribution is -2.26. The van der Waals surface area contributed by atoms with Crippen LogP contribution in [0.25, 0.3) is 11.1 Å². The van der Waals surface area contributed by atoms with E-state index in [0.717, 1.165) is 5.56 Å². The number of benzene rings is 3.